The number of hydrogen-bond donors (Lipinski definition) is 2. The second-order valence-electron chi connectivity index (χ2n) is 2.50. The van der Waals surface area contributed by atoms with Crippen molar-refractivity contribution in [2.75, 3.05) is 0 Å². The van der Waals surface area contributed by atoms with Crippen LogP contribution in [0.25, 0.3) is 0 Å². The molecule has 0 aromatic carbocycles. The summed E-state index contributed by atoms with van der Waals surface area (Å²) in [4.78, 5) is 2.18. The number of hydrazine groups is 1. The van der Waals surface area contributed by atoms with Crippen molar-refractivity contribution in [1.29, 1.82) is 0 Å². The Morgan fingerprint density at radius 3 is 1.88 bits per heavy atom. The van der Waals surface area contributed by atoms with Gasteiger partial charge in [0.25, 0.3) is 0 Å². The fraction of sp³-hybridized carbons (Fsp3) is 1.00. The second-order valence-corrected chi connectivity index (χ2v) is 4.50. The maximum absolute atomic E-state index is 10.7. The normalized spacial score (nSPS) is 16.1. The maximum Gasteiger partial charge on any atom is 0.138 e. The van der Waals surface area contributed by atoms with Gasteiger partial charge >= 0.3 is 0 Å². The summed E-state index contributed by atoms with van der Waals surface area (Å²) in [6.45, 7) is 5.55. The average molecular weight is 136 g/mol. The summed E-state index contributed by atoms with van der Waals surface area (Å²) in [5.74, 6) is 4.91. The summed E-state index contributed by atoms with van der Waals surface area (Å²) in [6, 6.07) is 0. The zero-order valence-electron chi connectivity index (χ0n) is 5.39. The maximum atomic E-state index is 10.7. The molecule has 3 N–H and O–H groups in total. The molecule has 0 bridgehead atoms. The predicted octanol–water partition coefficient (Wildman–Crippen LogP) is -0.0881. The van der Waals surface area contributed by atoms with Gasteiger partial charge in [-0.1, -0.05) is 4.83 Å². The van der Waals surface area contributed by atoms with Gasteiger partial charge in [0.15, 0.2) is 0 Å². The van der Waals surface area contributed by atoms with Gasteiger partial charge in [-0.2, -0.15) is 0 Å². The van der Waals surface area contributed by atoms with Crippen molar-refractivity contribution in [2.45, 2.75) is 25.5 Å². The SMILES string of the molecule is CC(C)(C)[S@@+]([O-])NN. The Bertz CT molecular complexity index is 70.9. The van der Waals surface area contributed by atoms with Crippen LogP contribution in [0.4, 0.5) is 0 Å². The Morgan fingerprint density at radius 2 is 1.88 bits per heavy atom. The molecule has 3 nitrogen and oxygen atoms in total. The summed E-state index contributed by atoms with van der Waals surface area (Å²) in [7, 11) is 0. The van der Waals surface area contributed by atoms with Crippen LogP contribution in [0.3, 0.4) is 0 Å². The lowest BCUT2D eigenvalue weighted by molar-refractivity contribution is 0.546. The molecule has 1 atom stereocenters. The molecule has 0 aliphatic heterocycles. The van der Waals surface area contributed by atoms with Crippen LogP contribution in [0.2, 0.25) is 0 Å². The first-order chi connectivity index (χ1) is 3.48. The van der Waals surface area contributed by atoms with Crippen LogP contribution in [0.5, 0.6) is 0 Å². The smallest absolute Gasteiger partial charge is 0.138 e. The van der Waals surface area contributed by atoms with Crippen LogP contribution in [0.15, 0.2) is 0 Å². The highest BCUT2D eigenvalue weighted by Gasteiger charge is 2.24. The standard InChI is InChI=1S/C4H12N2OS/c1-4(2,3)8(7)6-5/h6H,5H2,1-3H3/t8-/m1/s1. The van der Waals surface area contributed by atoms with Crippen molar-refractivity contribution in [2.24, 2.45) is 5.84 Å². The third-order valence-electron chi connectivity index (χ3n) is 0.663. The number of rotatable bonds is 1. The van der Waals surface area contributed by atoms with E-state index in [9.17, 15) is 4.55 Å². The molecular formula is C4H12N2OS. The Labute approximate surface area is 52.9 Å². The van der Waals surface area contributed by atoms with Gasteiger partial charge in [0, 0.05) is 0 Å². The van der Waals surface area contributed by atoms with E-state index in [-0.39, 0.29) is 4.75 Å². The lowest BCUT2D eigenvalue weighted by Gasteiger charge is -2.20. The molecule has 8 heavy (non-hydrogen) atoms. The summed E-state index contributed by atoms with van der Waals surface area (Å²) in [6.07, 6.45) is 0. The van der Waals surface area contributed by atoms with E-state index < -0.39 is 11.4 Å². The summed E-state index contributed by atoms with van der Waals surface area (Å²) in [5.41, 5.74) is 0. The van der Waals surface area contributed by atoms with Crippen molar-refractivity contribution < 1.29 is 4.55 Å². The quantitative estimate of drug-likeness (QED) is 0.301. The molecule has 0 unspecified atom stereocenters. The van der Waals surface area contributed by atoms with E-state index in [0.29, 0.717) is 0 Å². The predicted molar refractivity (Wildman–Crippen MR) is 35.2 cm³/mol. The van der Waals surface area contributed by atoms with Gasteiger partial charge in [0.05, 0.1) is 11.4 Å². The van der Waals surface area contributed by atoms with Crippen molar-refractivity contribution in [3.05, 3.63) is 0 Å². The molecule has 50 valence electrons. The number of hydrogen-bond acceptors (Lipinski definition) is 3. The first-order valence-electron chi connectivity index (χ1n) is 2.36. The fourth-order valence-corrected chi connectivity index (χ4v) is 0.530. The van der Waals surface area contributed by atoms with Gasteiger partial charge in [-0.3, -0.25) is 0 Å². The van der Waals surface area contributed by atoms with Crippen LogP contribution in [-0.2, 0) is 11.4 Å². The van der Waals surface area contributed by atoms with E-state index in [0.717, 1.165) is 0 Å². The first kappa shape index (κ1) is 8.23. The van der Waals surface area contributed by atoms with E-state index in [1.165, 1.54) is 0 Å². The molecule has 0 aliphatic rings. The molecule has 4 heteroatoms. The van der Waals surface area contributed by atoms with Crippen LogP contribution in [-0.4, -0.2) is 9.30 Å². The Balaban J connectivity index is 3.62. The molecule has 0 saturated carbocycles. The second kappa shape index (κ2) is 2.68. The first-order valence-corrected chi connectivity index (χ1v) is 3.51. The minimum Gasteiger partial charge on any atom is -0.597 e. The monoisotopic (exact) mass is 136 g/mol. The zero-order chi connectivity index (χ0) is 6.78. The van der Waals surface area contributed by atoms with Crippen LogP contribution in [0.1, 0.15) is 20.8 Å². The molecule has 0 spiro atoms. The Kier molecular flexibility index (Phi) is 2.76. The zero-order valence-corrected chi connectivity index (χ0v) is 6.21. The topological polar surface area (TPSA) is 61.1 Å². The van der Waals surface area contributed by atoms with Crippen LogP contribution >= 0.6 is 0 Å². The summed E-state index contributed by atoms with van der Waals surface area (Å²) < 4.78 is 10.5. The highest BCUT2D eigenvalue weighted by atomic mass is 32.2. The Hall–Kier alpha value is 0.230. The third-order valence-corrected chi connectivity index (χ3v) is 1.99. The highest BCUT2D eigenvalue weighted by molar-refractivity contribution is 7.90. The van der Waals surface area contributed by atoms with E-state index in [1.807, 2.05) is 20.8 Å². The third kappa shape index (κ3) is 2.52. The average Bonchev–Trinajstić information content (AvgIpc) is 1.62. The van der Waals surface area contributed by atoms with E-state index >= 15 is 0 Å². The number of nitrogens with one attached hydrogen (secondary N) is 1. The molecule has 0 radical (unpaired) electrons. The molecule has 0 heterocycles. The van der Waals surface area contributed by atoms with E-state index in [2.05, 4.69) is 4.83 Å². The summed E-state index contributed by atoms with van der Waals surface area (Å²) in [5, 5.41) is 0. The van der Waals surface area contributed by atoms with Crippen molar-refractivity contribution >= 4 is 11.4 Å². The Morgan fingerprint density at radius 1 is 1.50 bits per heavy atom. The van der Waals surface area contributed by atoms with Gasteiger partial charge in [0.2, 0.25) is 0 Å². The van der Waals surface area contributed by atoms with E-state index in [1.54, 1.807) is 0 Å². The minimum atomic E-state index is -1.12. The highest BCUT2D eigenvalue weighted by Crippen LogP contribution is 2.10. The molecule has 0 rings (SSSR count). The molecular weight excluding hydrogens is 124 g/mol. The van der Waals surface area contributed by atoms with Crippen molar-refractivity contribution in [3.8, 4) is 0 Å². The van der Waals surface area contributed by atoms with Crippen LogP contribution in [0, 0.1) is 0 Å². The summed E-state index contributed by atoms with van der Waals surface area (Å²) >= 11 is -1.12. The lowest BCUT2D eigenvalue weighted by Crippen LogP contribution is -2.42. The van der Waals surface area contributed by atoms with Gasteiger partial charge in [0.1, 0.15) is 4.75 Å². The molecule has 0 amide bonds. The van der Waals surface area contributed by atoms with Gasteiger partial charge < -0.3 is 4.55 Å². The molecule has 0 fully saturated rings. The van der Waals surface area contributed by atoms with Crippen LogP contribution < -0.4 is 10.7 Å². The van der Waals surface area contributed by atoms with Crippen molar-refractivity contribution in [3.63, 3.8) is 0 Å². The van der Waals surface area contributed by atoms with E-state index in [4.69, 9.17) is 5.84 Å². The molecule has 0 saturated heterocycles. The largest absolute Gasteiger partial charge is 0.597 e. The number of nitrogens with two attached hydrogens (primary N) is 1. The fourth-order valence-electron chi connectivity index (χ4n) is 0.177. The van der Waals surface area contributed by atoms with Gasteiger partial charge in [-0.25, -0.2) is 5.84 Å². The molecule has 0 aliphatic carbocycles. The molecule has 0 aromatic heterocycles. The lowest BCUT2D eigenvalue weighted by atomic mass is 10.3. The minimum absolute atomic E-state index is 0.255. The van der Waals surface area contributed by atoms with Gasteiger partial charge in [-0.05, 0) is 20.8 Å². The van der Waals surface area contributed by atoms with Gasteiger partial charge in [-0.15, -0.1) is 0 Å². The van der Waals surface area contributed by atoms with Crippen molar-refractivity contribution in [1.82, 2.24) is 4.83 Å². The molecule has 0 aromatic rings.